The largest absolute Gasteiger partial charge is 0.450 e. The van der Waals surface area contributed by atoms with E-state index < -0.39 is 30.6 Å². The van der Waals surface area contributed by atoms with Gasteiger partial charge in [-0.2, -0.15) is 0 Å². The van der Waals surface area contributed by atoms with E-state index in [0.29, 0.717) is 5.90 Å². The third-order valence-electron chi connectivity index (χ3n) is 2.47. The van der Waals surface area contributed by atoms with Gasteiger partial charge in [-0.3, -0.25) is 0 Å². The first kappa shape index (κ1) is 9.85. The van der Waals surface area contributed by atoms with E-state index in [1.54, 1.807) is 6.92 Å². The molecular weight excluding hydrogens is 190 g/mol. The Balaban J connectivity index is 2.14. The first-order chi connectivity index (χ1) is 6.63. The Labute approximate surface area is 80.8 Å². The van der Waals surface area contributed by atoms with Crippen molar-refractivity contribution in [3.8, 4) is 0 Å². The number of rotatable bonds is 1. The Bertz CT molecular complexity index is 256. The molecule has 0 saturated carbocycles. The molecule has 0 unspecified atom stereocenters. The zero-order valence-corrected chi connectivity index (χ0v) is 7.70. The van der Waals surface area contributed by atoms with Crippen LogP contribution in [0.2, 0.25) is 0 Å². The maximum atomic E-state index is 9.64. The molecule has 0 aliphatic carbocycles. The van der Waals surface area contributed by atoms with Crippen LogP contribution in [0.5, 0.6) is 0 Å². The highest BCUT2D eigenvalue weighted by molar-refractivity contribution is 5.75. The molecule has 5 atom stereocenters. The summed E-state index contributed by atoms with van der Waals surface area (Å²) < 4.78 is 10.4. The summed E-state index contributed by atoms with van der Waals surface area (Å²) in [6.45, 7) is 1.29. The quantitative estimate of drug-likeness (QED) is 0.469. The van der Waals surface area contributed by atoms with Crippen LogP contribution in [0, 0.1) is 0 Å². The second kappa shape index (κ2) is 3.47. The van der Waals surface area contributed by atoms with Crippen molar-refractivity contribution < 1.29 is 24.8 Å². The molecule has 0 aromatic heterocycles. The van der Waals surface area contributed by atoms with Crippen LogP contribution in [0.25, 0.3) is 0 Å². The number of hydrogen-bond donors (Lipinski definition) is 3. The summed E-state index contributed by atoms with van der Waals surface area (Å²) in [5.74, 6) is 0.421. The lowest BCUT2D eigenvalue weighted by Crippen LogP contribution is -2.56. The Morgan fingerprint density at radius 2 is 2.07 bits per heavy atom. The molecule has 2 aliphatic heterocycles. The van der Waals surface area contributed by atoms with E-state index in [1.165, 1.54) is 0 Å². The maximum absolute atomic E-state index is 9.64. The number of fused-ring (bicyclic) bond motifs is 1. The van der Waals surface area contributed by atoms with Crippen LogP contribution in [0.3, 0.4) is 0 Å². The highest BCUT2D eigenvalue weighted by Gasteiger charge is 2.48. The number of ether oxygens (including phenoxy) is 2. The molecule has 14 heavy (non-hydrogen) atoms. The second-order valence-corrected chi connectivity index (χ2v) is 3.46. The predicted molar refractivity (Wildman–Crippen MR) is 45.7 cm³/mol. The molecule has 0 aromatic carbocycles. The topological polar surface area (TPSA) is 91.5 Å². The third-order valence-corrected chi connectivity index (χ3v) is 2.47. The molecule has 0 radical (unpaired) electrons. The maximum Gasteiger partial charge on any atom is 0.227 e. The van der Waals surface area contributed by atoms with Crippen LogP contribution in [0.4, 0.5) is 0 Å². The van der Waals surface area contributed by atoms with Crippen LogP contribution in [-0.4, -0.2) is 58.5 Å². The number of nitrogens with zero attached hydrogens (tertiary/aromatic N) is 1. The van der Waals surface area contributed by atoms with E-state index in [1.807, 2.05) is 0 Å². The number of hydrogen-bond acceptors (Lipinski definition) is 6. The molecule has 2 rings (SSSR count). The van der Waals surface area contributed by atoms with Crippen molar-refractivity contribution in [3.63, 3.8) is 0 Å². The monoisotopic (exact) mass is 203 g/mol. The van der Waals surface area contributed by atoms with Gasteiger partial charge in [-0.1, -0.05) is 0 Å². The average molecular weight is 203 g/mol. The van der Waals surface area contributed by atoms with Crippen molar-refractivity contribution in [3.05, 3.63) is 0 Å². The normalized spacial score (nSPS) is 46.9. The minimum absolute atomic E-state index is 0.357. The average Bonchev–Trinajstić information content (AvgIpc) is 2.52. The Kier molecular flexibility index (Phi) is 2.44. The minimum Gasteiger partial charge on any atom is -0.450 e. The molecule has 6 heteroatoms. The predicted octanol–water partition coefficient (Wildman–Crippen LogP) is -1.76. The zero-order valence-electron chi connectivity index (χ0n) is 7.70. The van der Waals surface area contributed by atoms with Crippen LogP contribution in [0.1, 0.15) is 6.92 Å². The van der Waals surface area contributed by atoms with Crippen LogP contribution < -0.4 is 0 Å². The standard InChI is InChI=1S/C8H13NO5/c1-3-9-5-7(12)6(11)4(2-10)14-8(5)13-3/h4-8,10-12H,2H2,1H3/t4-,5+,6-,7-,8+/m1/s1. The van der Waals surface area contributed by atoms with Gasteiger partial charge < -0.3 is 24.8 Å². The van der Waals surface area contributed by atoms with Gasteiger partial charge in [-0.05, 0) is 0 Å². The molecule has 0 amide bonds. The van der Waals surface area contributed by atoms with Crippen molar-refractivity contribution in [1.82, 2.24) is 0 Å². The van der Waals surface area contributed by atoms with Crippen molar-refractivity contribution in [2.75, 3.05) is 6.61 Å². The van der Waals surface area contributed by atoms with Gasteiger partial charge in [0.15, 0.2) is 5.90 Å². The highest BCUT2D eigenvalue weighted by atomic mass is 16.7. The van der Waals surface area contributed by atoms with Crippen molar-refractivity contribution in [1.29, 1.82) is 0 Å². The summed E-state index contributed by atoms with van der Waals surface area (Å²) in [5.41, 5.74) is 0. The lowest BCUT2D eigenvalue weighted by molar-refractivity contribution is -0.234. The van der Waals surface area contributed by atoms with Gasteiger partial charge in [0.25, 0.3) is 0 Å². The first-order valence-electron chi connectivity index (χ1n) is 4.47. The zero-order chi connectivity index (χ0) is 10.3. The molecule has 80 valence electrons. The van der Waals surface area contributed by atoms with Crippen LogP contribution in [0.15, 0.2) is 4.99 Å². The van der Waals surface area contributed by atoms with E-state index in [9.17, 15) is 10.2 Å². The van der Waals surface area contributed by atoms with E-state index in [2.05, 4.69) is 4.99 Å². The van der Waals surface area contributed by atoms with E-state index in [4.69, 9.17) is 14.6 Å². The lowest BCUT2D eigenvalue weighted by Gasteiger charge is -2.36. The number of aliphatic imine (C=N–C) groups is 1. The van der Waals surface area contributed by atoms with Gasteiger partial charge >= 0.3 is 0 Å². The van der Waals surface area contributed by atoms with Gasteiger partial charge in [-0.15, -0.1) is 0 Å². The molecular formula is C8H13NO5. The van der Waals surface area contributed by atoms with Gasteiger partial charge in [0.1, 0.15) is 24.4 Å². The van der Waals surface area contributed by atoms with Gasteiger partial charge in [0, 0.05) is 6.92 Å². The van der Waals surface area contributed by atoms with Crippen LogP contribution >= 0.6 is 0 Å². The summed E-state index contributed by atoms with van der Waals surface area (Å²) in [7, 11) is 0. The number of aliphatic hydroxyl groups excluding tert-OH is 3. The smallest absolute Gasteiger partial charge is 0.227 e. The lowest BCUT2D eigenvalue weighted by atomic mass is 9.98. The number of aliphatic hydroxyl groups is 3. The fourth-order valence-corrected chi connectivity index (χ4v) is 1.71. The summed E-state index contributed by atoms with van der Waals surface area (Å²) in [6, 6.07) is -0.590. The molecule has 0 spiro atoms. The van der Waals surface area contributed by atoms with Crippen LogP contribution in [-0.2, 0) is 9.47 Å². The first-order valence-corrected chi connectivity index (χ1v) is 4.47. The molecule has 2 heterocycles. The third kappa shape index (κ3) is 1.40. The van der Waals surface area contributed by atoms with E-state index >= 15 is 0 Å². The summed E-state index contributed by atoms with van der Waals surface area (Å²) >= 11 is 0. The summed E-state index contributed by atoms with van der Waals surface area (Å²) in [6.07, 6.45) is -3.68. The fraction of sp³-hybridized carbons (Fsp3) is 0.875. The second-order valence-electron chi connectivity index (χ2n) is 3.46. The van der Waals surface area contributed by atoms with Gasteiger partial charge in [0.2, 0.25) is 6.29 Å². The Morgan fingerprint density at radius 1 is 1.36 bits per heavy atom. The molecule has 0 bridgehead atoms. The Morgan fingerprint density at radius 3 is 2.71 bits per heavy atom. The van der Waals surface area contributed by atoms with E-state index in [0.717, 1.165) is 0 Å². The molecule has 6 nitrogen and oxygen atoms in total. The molecule has 0 aromatic rings. The molecule has 1 saturated heterocycles. The van der Waals surface area contributed by atoms with Gasteiger partial charge in [-0.25, -0.2) is 4.99 Å². The Hall–Kier alpha value is -0.690. The fourth-order valence-electron chi connectivity index (χ4n) is 1.71. The van der Waals surface area contributed by atoms with Crippen molar-refractivity contribution in [2.24, 2.45) is 4.99 Å². The summed E-state index contributed by atoms with van der Waals surface area (Å²) in [4.78, 5) is 3.99. The highest BCUT2D eigenvalue weighted by Crippen LogP contribution is 2.28. The van der Waals surface area contributed by atoms with Gasteiger partial charge in [0.05, 0.1) is 6.61 Å². The SMILES string of the molecule is CC1=N[C@@H]2[C@@H](O1)O[C@H](CO)[C@@H](O)[C@@H]2O. The molecule has 1 fully saturated rings. The van der Waals surface area contributed by atoms with Crippen molar-refractivity contribution >= 4 is 5.90 Å². The molecule has 2 aliphatic rings. The summed E-state index contributed by atoms with van der Waals surface area (Å²) in [5, 5.41) is 28.0. The minimum atomic E-state index is -1.13. The van der Waals surface area contributed by atoms with Crippen molar-refractivity contribution in [2.45, 2.75) is 37.6 Å². The molecule has 3 N–H and O–H groups in total. The van der Waals surface area contributed by atoms with E-state index in [-0.39, 0.29) is 6.61 Å².